The fourth-order valence-electron chi connectivity index (χ4n) is 0.289. The van der Waals surface area contributed by atoms with Crippen LogP contribution in [0.1, 0.15) is 26.7 Å². The summed E-state index contributed by atoms with van der Waals surface area (Å²) in [5.74, 6) is 0. The summed E-state index contributed by atoms with van der Waals surface area (Å²) in [6.45, 7) is 4.09. The SMILES string of the molecule is CCC([NH-])CC.[Li+]. The molecule has 0 rings (SSSR count). The topological polar surface area (TPSA) is 23.8 Å². The Hall–Kier alpha value is 0.557. The normalized spacial score (nSPS) is 8.57. The maximum Gasteiger partial charge on any atom is 1.00 e. The number of nitrogens with one attached hydrogen (secondary N) is 1. The van der Waals surface area contributed by atoms with Gasteiger partial charge in [-0.05, 0) is 0 Å². The third-order valence-electron chi connectivity index (χ3n) is 0.986. The van der Waals surface area contributed by atoms with Gasteiger partial charge in [0.15, 0.2) is 0 Å². The molecule has 0 unspecified atom stereocenters. The number of rotatable bonds is 2. The van der Waals surface area contributed by atoms with Crippen LogP contribution in [0.25, 0.3) is 5.73 Å². The maximum absolute atomic E-state index is 7.07. The molecule has 7 heavy (non-hydrogen) atoms. The smallest absolute Gasteiger partial charge is 0.675 e. The average Bonchev–Trinajstić information content (AvgIpc) is 1.65. The molecular weight excluding hydrogens is 81.0 g/mol. The Morgan fingerprint density at radius 1 is 1.29 bits per heavy atom. The predicted octanol–water partition coefficient (Wildman–Crippen LogP) is -0.769. The van der Waals surface area contributed by atoms with Gasteiger partial charge < -0.3 is 5.73 Å². The van der Waals surface area contributed by atoms with Crippen LogP contribution in [-0.4, -0.2) is 6.04 Å². The van der Waals surface area contributed by atoms with Gasteiger partial charge in [-0.1, -0.05) is 26.7 Å². The van der Waals surface area contributed by atoms with E-state index in [-0.39, 0.29) is 24.9 Å². The van der Waals surface area contributed by atoms with Crippen molar-refractivity contribution in [3.05, 3.63) is 5.73 Å². The van der Waals surface area contributed by atoms with Crippen LogP contribution in [0.4, 0.5) is 0 Å². The molecule has 0 aliphatic carbocycles. The van der Waals surface area contributed by atoms with Crippen molar-refractivity contribution in [1.29, 1.82) is 0 Å². The molecule has 0 fully saturated rings. The van der Waals surface area contributed by atoms with E-state index < -0.39 is 0 Å². The first kappa shape index (κ1) is 10.5. The summed E-state index contributed by atoms with van der Waals surface area (Å²) in [6, 6.07) is 0.185. The molecule has 0 saturated carbocycles. The molecule has 0 aromatic rings. The fourth-order valence-corrected chi connectivity index (χ4v) is 0.289. The standard InChI is InChI=1S/C5H12N.Li/c1-3-5(6)4-2;/h5-6H,3-4H2,1-2H3;/q-1;+1. The van der Waals surface area contributed by atoms with Gasteiger partial charge in [0.2, 0.25) is 0 Å². The summed E-state index contributed by atoms with van der Waals surface area (Å²) in [4.78, 5) is 0. The molecule has 1 N–H and O–H groups in total. The summed E-state index contributed by atoms with van der Waals surface area (Å²) in [5, 5.41) is 0. The predicted molar refractivity (Wildman–Crippen MR) is 28.7 cm³/mol. The van der Waals surface area contributed by atoms with Crippen molar-refractivity contribution >= 4 is 0 Å². The molecule has 38 valence electrons. The van der Waals surface area contributed by atoms with Gasteiger partial charge in [-0.2, -0.15) is 0 Å². The van der Waals surface area contributed by atoms with Crippen LogP contribution in [-0.2, 0) is 0 Å². The van der Waals surface area contributed by atoms with Gasteiger partial charge in [0.1, 0.15) is 0 Å². The van der Waals surface area contributed by atoms with E-state index in [1.165, 1.54) is 0 Å². The molecule has 0 heterocycles. The number of hydrogen-bond acceptors (Lipinski definition) is 0. The molecular formula is C5H12LiN. The van der Waals surface area contributed by atoms with E-state index in [0.29, 0.717) is 0 Å². The van der Waals surface area contributed by atoms with Crippen LogP contribution in [0, 0.1) is 0 Å². The molecule has 0 aliphatic heterocycles. The van der Waals surface area contributed by atoms with Gasteiger partial charge in [0.25, 0.3) is 0 Å². The zero-order chi connectivity index (χ0) is 4.99. The Morgan fingerprint density at radius 3 is 1.57 bits per heavy atom. The molecule has 0 bridgehead atoms. The minimum Gasteiger partial charge on any atom is -0.675 e. The van der Waals surface area contributed by atoms with Crippen molar-refractivity contribution in [2.75, 3.05) is 0 Å². The van der Waals surface area contributed by atoms with Crippen LogP contribution >= 0.6 is 0 Å². The Bertz CT molecular complexity index is 27.3. The van der Waals surface area contributed by atoms with Gasteiger partial charge in [0.05, 0.1) is 0 Å². The zero-order valence-electron chi connectivity index (χ0n) is 5.49. The molecule has 1 nitrogen and oxygen atoms in total. The monoisotopic (exact) mass is 93.1 g/mol. The Balaban J connectivity index is 0. The van der Waals surface area contributed by atoms with E-state index in [1.54, 1.807) is 0 Å². The second-order valence-corrected chi connectivity index (χ2v) is 1.51. The zero-order valence-corrected chi connectivity index (χ0v) is 5.49. The minimum absolute atomic E-state index is 0. The molecule has 0 atom stereocenters. The Morgan fingerprint density at radius 2 is 1.57 bits per heavy atom. The largest absolute Gasteiger partial charge is 1.00 e. The fraction of sp³-hybridized carbons (Fsp3) is 1.00. The third-order valence-corrected chi connectivity index (χ3v) is 0.986. The molecule has 2 heteroatoms. The van der Waals surface area contributed by atoms with Gasteiger partial charge in [-0.3, -0.25) is 0 Å². The van der Waals surface area contributed by atoms with Gasteiger partial charge >= 0.3 is 18.9 Å². The van der Waals surface area contributed by atoms with E-state index in [4.69, 9.17) is 5.73 Å². The van der Waals surface area contributed by atoms with Crippen LogP contribution < -0.4 is 18.9 Å². The summed E-state index contributed by atoms with van der Waals surface area (Å²) >= 11 is 0. The van der Waals surface area contributed by atoms with Crippen molar-refractivity contribution in [2.45, 2.75) is 32.7 Å². The minimum atomic E-state index is 0. The third kappa shape index (κ3) is 6.56. The van der Waals surface area contributed by atoms with Crippen molar-refractivity contribution in [1.82, 2.24) is 0 Å². The molecule has 0 amide bonds. The van der Waals surface area contributed by atoms with Gasteiger partial charge in [0, 0.05) is 0 Å². The van der Waals surface area contributed by atoms with E-state index in [1.807, 2.05) is 13.8 Å². The summed E-state index contributed by atoms with van der Waals surface area (Å²) in [6.07, 6.45) is 1.99. The number of hydrogen-bond donors (Lipinski definition) is 0. The summed E-state index contributed by atoms with van der Waals surface area (Å²) in [5.41, 5.74) is 7.07. The van der Waals surface area contributed by atoms with E-state index >= 15 is 0 Å². The average molecular weight is 93.1 g/mol. The second-order valence-electron chi connectivity index (χ2n) is 1.51. The summed E-state index contributed by atoms with van der Waals surface area (Å²) in [7, 11) is 0. The first-order valence-electron chi connectivity index (χ1n) is 2.52. The molecule has 0 aromatic heterocycles. The maximum atomic E-state index is 7.07. The van der Waals surface area contributed by atoms with E-state index in [0.717, 1.165) is 12.8 Å². The first-order valence-corrected chi connectivity index (χ1v) is 2.52. The van der Waals surface area contributed by atoms with Crippen LogP contribution in [0.3, 0.4) is 0 Å². The molecule has 0 spiro atoms. The van der Waals surface area contributed by atoms with Crippen molar-refractivity contribution < 1.29 is 18.9 Å². The Kier molecular flexibility index (Phi) is 9.86. The quantitative estimate of drug-likeness (QED) is 0.400. The van der Waals surface area contributed by atoms with E-state index in [9.17, 15) is 0 Å². The van der Waals surface area contributed by atoms with Gasteiger partial charge in [-0.15, -0.1) is 6.04 Å². The second kappa shape index (κ2) is 6.56. The molecule has 0 aromatic carbocycles. The molecule has 0 saturated heterocycles. The van der Waals surface area contributed by atoms with Crippen LogP contribution in [0.5, 0.6) is 0 Å². The van der Waals surface area contributed by atoms with E-state index in [2.05, 4.69) is 0 Å². The first-order chi connectivity index (χ1) is 2.81. The van der Waals surface area contributed by atoms with Crippen molar-refractivity contribution in [3.63, 3.8) is 0 Å². The molecule has 0 radical (unpaired) electrons. The van der Waals surface area contributed by atoms with Gasteiger partial charge in [-0.25, -0.2) is 0 Å². The molecule has 0 aliphatic rings. The van der Waals surface area contributed by atoms with Crippen molar-refractivity contribution in [2.24, 2.45) is 0 Å². The van der Waals surface area contributed by atoms with Crippen LogP contribution in [0.2, 0.25) is 0 Å². The van der Waals surface area contributed by atoms with Crippen LogP contribution in [0.15, 0.2) is 0 Å². The summed E-state index contributed by atoms with van der Waals surface area (Å²) < 4.78 is 0. The van der Waals surface area contributed by atoms with Crippen molar-refractivity contribution in [3.8, 4) is 0 Å². The Labute approximate surface area is 57.8 Å².